The van der Waals surface area contributed by atoms with E-state index in [1.807, 2.05) is 17.9 Å². The lowest BCUT2D eigenvalue weighted by atomic mass is 9.81. The maximum Gasteiger partial charge on any atom is 0.222 e. The van der Waals surface area contributed by atoms with Crippen molar-refractivity contribution in [2.45, 2.75) is 44.9 Å². The highest BCUT2D eigenvalue weighted by Gasteiger charge is 2.38. The number of piperidine rings is 1. The van der Waals surface area contributed by atoms with Crippen molar-refractivity contribution in [1.82, 2.24) is 9.88 Å². The minimum absolute atomic E-state index is 0.174. The second-order valence-corrected chi connectivity index (χ2v) is 6.77. The summed E-state index contributed by atoms with van der Waals surface area (Å²) in [5, 5.41) is 0. The number of hydrogen-bond acceptors (Lipinski definition) is 3. The van der Waals surface area contributed by atoms with Gasteiger partial charge in [-0.25, -0.2) is 9.37 Å². The van der Waals surface area contributed by atoms with Gasteiger partial charge in [-0.05, 0) is 37.5 Å². The van der Waals surface area contributed by atoms with E-state index in [1.54, 1.807) is 12.3 Å². The van der Waals surface area contributed by atoms with Gasteiger partial charge in [0.2, 0.25) is 11.8 Å². The Morgan fingerprint density at radius 1 is 1.46 bits per heavy atom. The van der Waals surface area contributed by atoms with E-state index in [4.69, 9.17) is 4.42 Å². The molecular weight excluding hydrogens is 307 g/mol. The lowest BCUT2D eigenvalue weighted by Gasteiger charge is -2.38. The summed E-state index contributed by atoms with van der Waals surface area (Å²) in [4.78, 5) is 18.4. The quantitative estimate of drug-likeness (QED) is 0.859. The Kier molecular flexibility index (Phi) is 4.69. The van der Waals surface area contributed by atoms with Crippen molar-refractivity contribution in [1.29, 1.82) is 0 Å². The van der Waals surface area contributed by atoms with E-state index in [2.05, 4.69) is 11.9 Å². The van der Waals surface area contributed by atoms with E-state index < -0.39 is 0 Å². The zero-order valence-electron chi connectivity index (χ0n) is 14.2. The van der Waals surface area contributed by atoms with Gasteiger partial charge in [0.15, 0.2) is 0 Å². The van der Waals surface area contributed by atoms with Gasteiger partial charge in [-0.3, -0.25) is 4.79 Å². The first kappa shape index (κ1) is 16.7. The van der Waals surface area contributed by atoms with E-state index in [0.29, 0.717) is 25.3 Å². The molecular formula is C19H23FN2O2. The van der Waals surface area contributed by atoms with Crippen LogP contribution in [0.15, 0.2) is 34.9 Å². The van der Waals surface area contributed by atoms with Crippen LogP contribution < -0.4 is 0 Å². The van der Waals surface area contributed by atoms with E-state index >= 15 is 0 Å². The van der Waals surface area contributed by atoms with Crippen LogP contribution in [-0.2, 0) is 16.6 Å². The molecule has 4 nitrogen and oxygen atoms in total. The molecule has 0 N–H and O–H groups in total. The van der Waals surface area contributed by atoms with Gasteiger partial charge in [0.1, 0.15) is 11.6 Å². The minimum atomic E-state index is -0.261. The Morgan fingerprint density at radius 2 is 2.29 bits per heavy atom. The predicted octanol–water partition coefficient (Wildman–Crippen LogP) is 3.69. The number of hydrogen-bond donors (Lipinski definition) is 0. The molecule has 3 rings (SSSR count). The van der Waals surface area contributed by atoms with Crippen LogP contribution in [0.5, 0.6) is 0 Å². The summed E-state index contributed by atoms with van der Waals surface area (Å²) in [6.07, 6.45) is 4.64. The maximum absolute atomic E-state index is 13.3. The largest absolute Gasteiger partial charge is 0.445 e. The summed E-state index contributed by atoms with van der Waals surface area (Å²) in [5.41, 5.74) is 0.595. The fourth-order valence-corrected chi connectivity index (χ4v) is 3.37. The third-order valence-corrected chi connectivity index (χ3v) is 4.69. The summed E-state index contributed by atoms with van der Waals surface area (Å²) in [6.45, 7) is 5.43. The SMILES string of the molecule is CCC(=O)N1CCC[C@@](C)(c2ncc(Cc3cccc(F)c3)o2)C1. The number of nitrogens with zero attached hydrogens (tertiary/aromatic N) is 2. The van der Waals surface area contributed by atoms with Crippen molar-refractivity contribution in [3.63, 3.8) is 0 Å². The van der Waals surface area contributed by atoms with Crippen LogP contribution in [0.4, 0.5) is 4.39 Å². The van der Waals surface area contributed by atoms with Crippen molar-refractivity contribution in [2.75, 3.05) is 13.1 Å². The molecule has 0 saturated carbocycles. The van der Waals surface area contributed by atoms with Crippen LogP contribution in [0.1, 0.15) is 50.3 Å². The number of carbonyl (C=O) groups is 1. The second kappa shape index (κ2) is 6.75. The first-order valence-corrected chi connectivity index (χ1v) is 8.47. The highest BCUT2D eigenvalue weighted by atomic mass is 19.1. The molecule has 0 unspecified atom stereocenters. The standard InChI is InChI=1S/C19H23FN2O2/c1-3-17(23)22-9-5-8-19(2,13-22)18-21-12-16(24-18)11-14-6-4-7-15(20)10-14/h4,6-7,10,12H,3,5,8-9,11,13H2,1-2H3/t19-/m1/s1. The molecule has 1 aromatic heterocycles. The minimum Gasteiger partial charge on any atom is -0.445 e. The molecule has 2 aromatic rings. The third-order valence-electron chi connectivity index (χ3n) is 4.69. The second-order valence-electron chi connectivity index (χ2n) is 6.77. The lowest BCUT2D eigenvalue weighted by molar-refractivity contribution is -0.133. The molecule has 1 fully saturated rings. The van der Waals surface area contributed by atoms with Gasteiger partial charge in [0, 0.05) is 25.9 Å². The molecule has 5 heteroatoms. The van der Waals surface area contributed by atoms with Crippen molar-refractivity contribution in [3.05, 3.63) is 53.5 Å². The molecule has 1 aliphatic rings. The smallest absolute Gasteiger partial charge is 0.222 e. The van der Waals surface area contributed by atoms with Gasteiger partial charge in [-0.15, -0.1) is 0 Å². The van der Waals surface area contributed by atoms with Gasteiger partial charge in [-0.2, -0.15) is 0 Å². The van der Waals surface area contributed by atoms with Crippen LogP contribution in [0.25, 0.3) is 0 Å². The van der Waals surface area contributed by atoms with Crippen molar-refractivity contribution >= 4 is 5.91 Å². The molecule has 24 heavy (non-hydrogen) atoms. The van der Waals surface area contributed by atoms with Crippen LogP contribution in [0.3, 0.4) is 0 Å². The average Bonchev–Trinajstić information content (AvgIpc) is 3.03. The Bertz CT molecular complexity index is 728. The number of benzene rings is 1. The maximum atomic E-state index is 13.3. The normalized spacial score (nSPS) is 21.0. The Labute approximate surface area is 141 Å². The van der Waals surface area contributed by atoms with Crippen LogP contribution >= 0.6 is 0 Å². The van der Waals surface area contributed by atoms with Crippen molar-refractivity contribution in [3.8, 4) is 0 Å². The number of likely N-dealkylation sites (tertiary alicyclic amines) is 1. The Hall–Kier alpha value is -2.17. The van der Waals surface area contributed by atoms with Crippen LogP contribution in [0, 0.1) is 5.82 Å². The lowest BCUT2D eigenvalue weighted by Crippen LogP contribution is -2.47. The number of carbonyl (C=O) groups excluding carboxylic acids is 1. The number of halogens is 1. The molecule has 2 heterocycles. The predicted molar refractivity (Wildman–Crippen MR) is 89.2 cm³/mol. The molecule has 1 atom stereocenters. The number of aromatic nitrogens is 1. The Morgan fingerprint density at radius 3 is 3.04 bits per heavy atom. The van der Waals surface area contributed by atoms with Crippen LogP contribution in [-0.4, -0.2) is 28.9 Å². The number of rotatable bonds is 4. The molecule has 0 spiro atoms. The van der Waals surface area contributed by atoms with Gasteiger partial charge >= 0.3 is 0 Å². The zero-order chi connectivity index (χ0) is 17.2. The van der Waals surface area contributed by atoms with Crippen molar-refractivity contribution < 1.29 is 13.6 Å². The fourth-order valence-electron chi connectivity index (χ4n) is 3.37. The third kappa shape index (κ3) is 3.50. The molecule has 0 bridgehead atoms. The monoisotopic (exact) mass is 330 g/mol. The first-order valence-electron chi connectivity index (χ1n) is 8.47. The van der Waals surface area contributed by atoms with Crippen LogP contribution in [0.2, 0.25) is 0 Å². The van der Waals surface area contributed by atoms with Gasteiger partial charge in [-0.1, -0.05) is 19.1 Å². The van der Waals surface area contributed by atoms with Gasteiger partial charge < -0.3 is 9.32 Å². The average molecular weight is 330 g/mol. The fraction of sp³-hybridized carbons (Fsp3) is 0.474. The van der Waals surface area contributed by atoms with E-state index in [-0.39, 0.29) is 17.1 Å². The van der Waals surface area contributed by atoms with E-state index in [9.17, 15) is 9.18 Å². The van der Waals surface area contributed by atoms with Crippen molar-refractivity contribution in [2.24, 2.45) is 0 Å². The Balaban J connectivity index is 1.75. The number of amides is 1. The highest BCUT2D eigenvalue weighted by molar-refractivity contribution is 5.76. The molecule has 1 aliphatic heterocycles. The molecule has 0 aliphatic carbocycles. The molecule has 128 valence electrons. The molecule has 1 amide bonds. The summed E-state index contributed by atoms with van der Waals surface area (Å²) >= 11 is 0. The topological polar surface area (TPSA) is 46.3 Å². The van der Waals surface area contributed by atoms with Gasteiger partial charge in [0.25, 0.3) is 0 Å². The zero-order valence-corrected chi connectivity index (χ0v) is 14.2. The van der Waals surface area contributed by atoms with E-state index in [1.165, 1.54) is 12.1 Å². The highest BCUT2D eigenvalue weighted by Crippen LogP contribution is 2.33. The summed E-state index contributed by atoms with van der Waals surface area (Å²) in [7, 11) is 0. The summed E-state index contributed by atoms with van der Waals surface area (Å²) in [6, 6.07) is 6.50. The van der Waals surface area contributed by atoms with Gasteiger partial charge in [0.05, 0.1) is 11.6 Å². The number of oxazole rings is 1. The molecule has 1 aromatic carbocycles. The summed E-state index contributed by atoms with van der Waals surface area (Å²) < 4.78 is 19.3. The first-order chi connectivity index (χ1) is 11.5. The summed E-state index contributed by atoms with van der Waals surface area (Å²) in [5.74, 6) is 1.31. The molecule has 1 saturated heterocycles. The van der Waals surface area contributed by atoms with E-state index in [0.717, 1.165) is 30.7 Å². The molecule has 0 radical (unpaired) electrons.